The molecule has 0 saturated carbocycles. The summed E-state index contributed by atoms with van der Waals surface area (Å²) in [6.45, 7) is 5.06. The fourth-order valence-electron chi connectivity index (χ4n) is 1.32. The van der Waals surface area contributed by atoms with Crippen LogP contribution in [-0.4, -0.2) is 25.3 Å². The molecule has 94 valence electrons. The molecule has 4 heteroatoms. The maximum Gasteiger partial charge on any atom is 0.338 e. The summed E-state index contributed by atoms with van der Waals surface area (Å²) in [4.78, 5) is 11.7. The second-order valence-corrected chi connectivity index (χ2v) is 4.15. The quantitative estimate of drug-likeness (QED) is 0.579. The number of hydrogen-bond donors (Lipinski definition) is 0. The van der Waals surface area contributed by atoms with Gasteiger partial charge in [0.25, 0.3) is 0 Å². The van der Waals surface area contributed by atoms with Crippen molar-refractivity contribution in [2.24, 2.45) is 0 Å². The second kappa shape index (κ2) is 7.30. The van der Waals surface area contributed by atoms with Crippen LogP contribution >= 0.6 is 11.6 Å². The van der Waals surface area contributed by atoms with Crippen molar-refractivity contribution in [1.29, 1.82) is 0 Å². The summed E-state index contributed by atoms with van der Waals surface area (Å²) in [5, 5.41) is 0.529. The Hall–Kier alpha value is -1.06. The van der Waals surface area contributed by atoms with Crippen LogP contribution in [0.1, 0.15) is 30.6 Å². The third kappa shape index (κ3) is 5.20. The molecule has 0 radical (unpaired) electrons. The van der Waals surface area contributed by atoms with E-state index in [0.29, 0.717) is 30.2 Å². The smallest absolute Gasteiger partial charge is 0.338 e. The number of benzene rings is 1. The average molecular weight is 257 g/mol. The van der Waals surface area contributed by atoms with E-state index in [1.807, 2.05) is 13.8 Å². The third-order valence-corrected chi connectivity index (χ3v) is 2.48. The van der Waals surface area contributed by atoms with Crippen molar-refractivity contribution in [3.8, 4) is 0 Å². The summed E-state index contributed by atoms with van der Waals surface area (Å²) in [5.74, 6) is -0.350. The molecule has 0 aliphatic rings. The molecule has 0 fully saturated rings. The summed E-state index contributed by atoms with van der Waals surface area (Å²) < 4.78 is 10.5. The Morgan fingerprint density at radius 1 is 1.47 bits per heavy atom. The van der Waals surface area contributed by atoms with E-state index < -0.39 is 0 Å². The van der Waals surface area contributed by atoms with E-state index in [1.165, 1.54) is 0 Å². The summed E-state index contributed by atoms with van der Waals surface area (Å²) in [6.07, 6.45) is 0.535. The molecule has 0 aliphatic heterocycles. The van der Waals surface area contributed by atoms with Crippen LogP contribution in [0.15, 0.2) is 24.3 Å². The summed E-state index contributed by atoms with van der Waals surface area (Å²) in [5.41, 5.74) is 0.473. The minimum Gasteiger partial charge on any atom is -0.459 e. The van der Waals surface area contributed by atoms with E-state index in [4.69, 9.17) is 21.1 Å². The van der Waals surface area contributed by atoms with Crippen molar-refractivity contribution in [2.45, 2.75) is 26.4 Å². The Morgan fingerprint density at radius 2 is 2.24 bits per heavy atom. The fourth-order valence-corrected chi connectivity index (χ4v) is 1.51. The Bertz CT molecular complexity index is 365. The zero-order valence-electron chi connectivity index (χ0n) is 10.1. The minimum absolute atomic E-state index is 0.159. The highest BCUT2D eigenvalue weighted by Gasteiger charge is 2.11. The van der Waals surface area contributed by atoms with Gasteiger partial charge >= 0.3 is 5.97 Å². The Morgan fingerprint density at radius 3 is 2.88 bits per heavy atom. The molecule has 1 rings (SSSR count). The van der Waals surface area contributed by atoms with Crippen molar-refractivity contribution in [3.05, 3.63) is 34.9 Å². The second-order valence-electron chi connectivity index (χ2n) is 3.71. The third-order valence-electron chi connectivity index (χ3n) is 2.24. The zero-order valence-corrected chi connectivity index (χ0v) is 10.9. The molecule has 1 unspecified atom stereocenters. The molecule has 1 aromatic rings. The number of ether oxygens (including phenoxy) is 2. The molecule has 1 atom stereocenters. The molecule has 17 heavy (non-hydrogen) atoms. The standard InChI is InChI=1S/C13H17ClO3/c1-3-16-8-7-10(2)17-13(15)11-5-4-6-12(14)9-11/h4-6,9-10H,3,7-8H2,1-2H3. The van der Waals surface area contributed by atoms with Gasteiger partial charge in [0.05, 0.1) is 12.2 Å². The Balaban J connectivity index is 2.43. The molecule has 0 aliphatic carbocycles. The number of halogens is 1. The van der Waals surface area contributed by atoms with Gasteiger partial charge in [-0.2, -0.15) is 0 Å². The SMILES string of the molecule is CCOCCC(C)OC(=O)c1cccc(Cl)c1. The van der Waals surface area contributed by atoms with E-state index in [2.05, 4.69) is 0 Å². The summed E-state index contributed by atoms with van der Waals surface area (Å²) >= 11 is 5.80. The van der Waals surface area contributed by atoms with E-state index in [1.54, 1.807) is 24.3 Å². The van der Waals surface area contributed by atoms with Gasteiger partial charge in [-0.25, -0.2) is 4.79 Å². The van der Waals surface area contributed by atoms with Crippen LogP contribution in [-0.2, 0) is 9.47 Å². The number of esters is 1. The maximum atomic E-state index is 11.7. The Labute approximate surface area is 107 Å². The van der Waals surface area contributed by atoms with Crippen molar-refractivity contribution in [3.63, 3.8) is 0 Å². The lowest BCUT2D eigenvalue weighted by Gasteiger charge is -2.13. The first-order chi connectivity index (χ1) is 8.13. The first-order valence-electron chi connectivity index (χ1n) is 5.67. The predicted molar refractivity (Wildman–Crippen MR) is 67.4 cm³/mol. The molecule has 0 amide bonds. The minimum atomic E-state index is -0.350. The van der Waals surface area contributed by atoms with Gasteiger partial charge in [-0.05, 0) is 32.0 Å². The van der Waals surface area contributed by atoms with Crippen LogP contribution in [0.3, 0.4) is 0 Å². The van der Waals surface area contributed by atoms with Gasteiger partial charge in [0.15, 0.2) is 0 Å². The van der Waals surface area contributed by atoms with Crippen LogP contribution in [0.25, 0.3) is 0 Å². The predicted octanol–water partition coefficient (Wildman–Crippen LogP) is 3.31. The van der Waals surface area contributed by atoms with Gasteiger partial charge in [-0.15, -0.1) is 0 Å². The molecule has 0 saturated heterocycles. The normalized spacial score (nSPS) is 12.2. The molecule has 3 nitrogen and oxygen atoms in total. The first-order valence-corrected chi connectivity index (χ1v) is 6.05. The number of rotatable bonds is 6. The first kappa shape index (κ1) is 14.0. The van der Waals surface area contributed by atoms with Gasteiger partial charge in [-0.1, -0.05) is 17.7 Å². The van der Waals surface area contributed by atoms with Crippen LogP contribution < -0.4 is 0 Å². The topological polar surface area (TPSA) is 35.5 Å². The molecule has 0 bridgehead atoms. The lowest BCUT2D eigenvalue weighted by Crippen LogP contribution is -2.17. The lowest BCUT2D eigenvalue weighted by atomic mass is 10.2. The fraction of sp³-hybridized carbons (Fsp3) is 0.462. The number of carbonyl (C=O) groups is 1. The largest absolute Gasteiger partial charge is 0.459 e. The highest BCUT2D eigenvalue weighted by atomic mass is 35.5. The molecular formula is C13H17ClO3. The highest BCUT2D eigenvalue weighted by Crippen LogP contribution is 2.12. The van der Waals surface area contributed by atoms with E-state index >= 15 is 0 Å². The molecular weight excluding hydrogens is 240 g/mol. The van der Waals surface area contributed by atoms with Gasteiger partial charge in [-0.3, -0.25) is 0 Å². The molecule has 0 N–H and O–H groups in total. The summed E-state index contributed by atoms with van der Waals surface area (Å²) in [6, 6.07) is 6.73. The van der Waals surface area contributed by atoms with E-state index in [-0.39, 0.29) is 12.1 Å². The molecule has 0 aromatic heterocycles. The van der Waals surface area contributed by atoms with Crippen LogP contribution in [0.4, 0.5) is 0 Å². The average Bonchev–Trinajstić information content (AvgIpc) is 2.29. The van der Waals surface area contributed by atoms with Crippen molar-refractivity contribution < 1.29 is 14.3 Å². The van der Waals surface area contributed by atoms with Crippen molar-refractivity contribution in [2.75, 3.05) is 13.2 Å². The molecule has 0 spiro atoms. The van der Waals surface area contributed by atoms with Crippen molar-refractivity contribution >= 4 is 17.6 Å². The maximum absolute atomic E-state index is 11.7. The van der Waals surface area contributed by atoms with E-state index in [9.17, 15) is 4.79 Å². The van der Waals surface area contributed by atoms with Crippen molar-refractivity contribution in [1.82, 2.24) is 0 Å². The Kier molecular flexibility index (Phi) is 6.01. The van der Waals surface area contributed by atoms with Gasteiger partial charge in [0.2, 0.25) is 0 Å². The van der Waals surface area contributed by atoms with Crippen LogP contribution in [0, 0.1) is 0 Å². The monoisotopic (exact) mass is 256 g/mol. The number of hydrogen-bond acceptors (Lipinski definition) is 3. The van der Waals surface area contributed by atoms with Gasteiger partial charge < -0.3 is 9.47 Å². The molecule has 1 aromatic carbocycles. The highest BCUT2D eigenvalue weighted by molar-refractivity contribution is 6.30. The van der Waals surface area contributed by atoms with Gasteiger partial charge in [0, 0.05) is 18.1 Å². The lowest BCUT2D eigenvalue weighted by molar-refractivity contribution is 0.0242. The van der Waals surface area contributed by atoms with Crippen LogP contribution in [0.2, 0.25) is 5.02 Å². The molecule has 0 heterocycles. The zero-order chi connectivity index (χ0) is 12.7. The summed E-state index contributed by atoms with van der Waals surface area (Å²) in [7, 11) is 0. The number of carbonyl (C=O) groups excluding carboxylic acids is 1. The van der Waals surface area contributed by atoms with Crippen LogP contribution in [0.5, 0.6) is 0 Å². The van der Waals surface area contributed by atoms with E-state index in [0.717, 1.165) is 0 Å². The van der Waals surface area contributed by atoms with Gasteiger partial charge in [0.1, 0.15) is 6.10 Å².